The average Bonchev–Trinajstić information content (AvgIpc) is 3.69. The SMILES string of the molecule is O=C(C[C@@H]1CN2CCC1CC2)c1nn(C(=O)C2CC2)c2ccc(CC(=O)C3CC3)cc12. The molecule has 0 unspecified atom stereocenters. The van der Waals surface area contributed by atoms with Crippen molar-refractivity contribution in [1.29, 1.82) is 0 Å². The predicted molar refractivity (Wildman–Crippen MR) is 116 cm³/mol. The number of hydrogen-bond donors (Lipinski definition) is 0. The van der Waals surface area contributed by atoms with E-state index in [0.717, 1.165) is 56.3 Å². The predicted octanol–water partition coefficient (Wildman–Crippen LogP) is 3.52. The van der Waals surface area contributed by atoms with Crippen LogP contribution in [0.4, 0.5) is 0 Å². The van der Waals surface area contributed by atoms with E-state index in [1.165, 1.54) is 17.5 Å². The standard InChI is InChI=1S/C25H29N3O3/c29-22(17-2-3-17)12-15-1-6-21-20(11-15)24(26-28(21)25(31)18-4-5-18)23(30)13-19-14-27-9-7-16(19)8-10-27/h1,6,11,16-19H,2-5,7-10,12-14H2/t19-/m1/s1. The number of piperidine rings is 3. The summed E-state index contributed by atoms with van der Waals surface area (Å²) in [7, 11) is 0. The molecule has 5 fully saturated rings. The summed E-state index contributed by atoms with van der Waals surface area (Å²) in [4.78, 5) is 41.0. The highest BCUT2D eigenvalue weighted by Crippen LogP contribution is 2.37. The summed E-state index contributed by atoms with van der Waals surface area (Å²) in [6.45, 7) is 3.31. The van der Waals surface area contributed by atoms with Crippen molar-refractivity contribution in [3.8, 4) is 0 Å². The van der Waals surface area contributed by atoms with Gasteiger partial charge in [0.05, 0.1) is 5.52 Å². The Morgan fingerprint density at radius 2 is 1.71 bits per heavy atom. The molecule has 6 nitrogen and oxygen atoms in total. The Morgan fingerprint density at radius 3 is 2.35 bits per heavy atom. The van der Waals surface area contributed by atoms with Gasteiger partial charge in [-0.1, -0.05) is 6.07 Å². The first-order valence-electron chi connectivity index (χ1n) is 11.9. The van der Waals surface area contributed by atoms with Crippen LogP contribution in [-0.2, 0) is 11.2 Å². The van der Waals surface area contributed by atoms with Crippen molar-refractivity contribution < 1.29 is 14.4 Å². The van der Waals surface area contributed by atoms with Gasteiger partial charge in [-0.3, -0.25) is 14.4 Å². The van der Waals surface area contributed by atoms with Gasteiger partial charge in [0.15, 0.2) is 5.78 Å². The highest BCUT2D eigenvalue weighted by atomic mass is 16.2. The molecule has 2 aliphatic carbocycles. The molecule has 162 valence electrons. The third-order valence-electron chi connectivity index (χ3n) is 7.79. The van der Waals surface area contributed by atoms with Gasteiger partial charge in [0.25, 0.3) is 5.91 Å². The summed E-state index contributed by atoms with van der Waals surface area (Å²) in [5.41, 5.74) is 2.04. The van der Waals surface area contributed by atoms with Gasteiger partial charge in [-0.05, 0) is 81.1 Å². The van der Waals surface area contributed by atoms with Crippen LogP contribution in [0.2, 0.25) is 0 Å². The van der Waals surface area contributed by atoms with Gasteiger partial charge in [0, 0.05) is 36.6 Å². The number of Topliss-reactive ketones (excluding diaryl/α,β-unsaturated/α-hetero) is 2. The highest BCUT2D eigenvalue weighted by molar-refractivity contribution is 6.08. The van der Waals surface area contributed by atoms with Crippen molar-refractivity contribution >= 4 is 28.4 Å². The van der Waals surface area contributed by atoms with E-state index in [0.29, 0.717) is 35.9 Å². The lowest BCUT2D eigenvalue weighted by molar-refractivity contribution is -0.119. The van der Waals surface area contributed by atoms with E-state index in [9.17, 15) is 14.4 Å². The molecule has 1 atom stereocenters. The molecule has 6 heteroatoms. The summed E-state index contributed by atoms with van der Waals surface area (Å²) in [6.07, 6.45) is 7.05. The minimum absolute atomic E-state index is 0.00584. The second-order valence-electron chi connectivity index (χ2n) is 10.2. The van der Waals surface area contributed by atoms with E-state index >= 15 is 0 Å². The van der Waals surface area contributed by atoms with Crippen molar-refractivity contribution in [2.45, 2.75) is 51.4 Å². The van der Waals surface area contributed by atoms with E-state index in [1.54, 1.807) is 0 Å². The van der Waals surface area contributed by atoms with E-state index in [1.807, 2.05) is 18.2 Å². The Hall–Kier alpha value is -2.34. The monoisotopic (exact) mass is 419 g/mol. The van der Waals surface area contributed by atoms with E-state index in [4.69, 9.17) is 0 Å². The van der Waals surface area contributed by atoms with E-state index < -0.39 is 0 Å². The number of aromatic nitrogens is 2. The van der Waals surface area contributed by atoms with Crippen molar-refractivity contribution in [3.05, 3.63) is 29.5 Å². The maximum Gasteiger partial charge on any atom is 0.250 e. The van der Waals surface area contributed by atoms with Crippen LogP contribution in [-0.4, -0.2) is 51.8 Å². The summed E-state index contributed by atoms with van der Waals surface area (Å²) >= 11 is 0. The number of rotatable bonds is 7. The number of carbonyl (C=O) groups excluding carboxylic acids is 3. The number of hydrogen-bond acceptors (Lipinski definition) is 5. The topological polar surface area (TPSA) is 72.3 Å². The normalized spacial score (nSPS) is 27.5. The average molecular weight is 420 g/mol. The van der Waals surface area contributed by atoms with Gasteiger partial charge >= 0.3 is 0 Å². The molecule has 1 aromatic carbocycles. The molecule has 0 spiro atoms. The summed E-state index contributed by atoms with van der Waals surface area (Å²) in [5, 5.41) is 5.30. The van der Waals surface area contributed by atoms with Crippen molar-refractivity contribution in [2.24, 2.45) is 23.7 Å². The van der Waals surface area contributed by atoms with Crippen LogP contribution in [0.5, 0.6) is 0 Å². The Labute approximate surface area is 182 Å². The number of carbonyl (C=O) groups is 3. The van der Waals surface area contributed by atoms with Crippen LogP contribution in [0.25, 0.3) is 10.9 Å². The van der Waals surface area contributed by atoms with Gasteiger partial charge in [-0.25, -0.2) is 0 Å². The zero-order chi connectivity index (χ0) is 21.1. The molecule has 2 aromatic rings. The smallest absolute Gasteiger partial charge is 0.250 e. The molecule has 3 aliphatic heterocycles. The highest BCUT2D eigenvalue weighted by Gasteiger charge is 2.37. The maximum absolute atomic E-state index is 13.4. The molecule has 31 heavy (non-hydrogen) atoms. The molecular weight excluding hydrogens is 390 g/mol. The number of benzene rings is 1. The van der Waals surface area contributed by atoms with Crippen LogP contribution >= 0.6 is 0 Å². The molecule has 1 aromatic heterocycles. The molecule has 3 saturated heterocycles. The number of fused-ring (bicyclic) bond motifs is 4. The fourth-order valence-electron chi connectivity index (χ4n) is 5.56. The largest absolute Gasteiger partial charge is 0.303 e. The zero-order valence-corrected chi connectivity index (χ0v) is 17.9. The second kappa shape index (κ2) is 7.37. The lowest BCUT2D eigenvalue weighted by Crippen LogP contribution is -2.47. The quantitative estimate of drug-likeness (QED) is 0.642. The first kappa shape index (κ1) is 19.4. The fourth-order valence-corrected chi connectivity index (χ4v) is 5.56. The van der Waals surface area contributed by atoms with Crippen molar-refractivity contribution in [3.63, 3.8) is 0 Å². The molecule has 2 bridgehead atoms. The Bertz CT molecular complexity index is 1070. The third-order valence-corrected chi connectivity index (χ3v) is 7.79. The molecule has 2 saturated carbocycles. The molecule has 0 radical (unpaired) electrons. The number of ketones is 2. The maximum atomic E-state index is 13.4. The molecule has 0 amide bonds. The molecular formula is C25H29N3O3. The molecule has 7 rings (SSSR count). The lowest BCUT2D eigenvalue weighted by Gasteiger charge is -2.44. The van der Waals surface area contributed by atoms with Gasteiger partial charge in [-0.15, -0.1) is 0 Å². The third kappa shape index (κ3) is 3.65. The van der Waals surface area contributed by atoms with Crippen molar-refractivity contribution in [2.75, 3.05) is 19.6 Å². The second-order valence-corrected chi connectivity index (χ2v) is 10.2. The van der Waals surface area contributed by atoms with Crippen molar-refractivity contribution in [1.82, 2.24) is 14.7 Å². The van der Waals surface area contributed by atoms with Crippen LogP contribution in [0.15, 0.2) is 18.2 Å². The van der Waals surface area contributed by atoms with Crippen LogP contribution in [0.1, 0.15) is 65.8 Å². The molecule has 5 aliphatic rings. The van der Waals surface area contributed by atoms with Gasteiger partial charge in [-0.2, -0.15) is 9.78 Å². The zero-order valence-electron chi connectivity index (χ0n) is 17.9. The van der Waals surface area contributed by atoms with Crippen LogP contribution in [0, 0.1) is 23.7 Å². The van der Waals surface area contributed by atoms with E-state index in [-0.39, 0.29) is 29.3 Å². The first-order chi connectivity index (χ1) is 15.1. The Kier molecular flexibility index (Phi) is 4.60. The van der Waals surface area contributed by atoms with Gasteiger partial charge in [0.2, 0.25) is 0 Å². The summed E-state index contributed by atoms with van der Waals surface area (Å²) in [5.74, 6) is 1.57. The Balaban J connectivity index is 1.33. The van der Waals surface area contributed by atoms with Gasteiger partial charge in [0.1, 0.15) is 11.5 Å². The summed E-state index contributed by atoms with van der Waals surface area (Å²) in [6, 6.07) is 5.73. The molecule has 4 heterocycles. The lowest BCUT2D eigenvalue weighted by atomic mass is 9.76. The van der Waals surface area contributed by atoms with Gasteiger partial charge < -0.3 is 4.90 Å². The van der Waals surface area contributed by atoms with E-state index in [2.05, 4.69) is 10.00 Å². The summed E-state index contributed by atoms with van der Waals surface area (Å²) < 4.78 is 1.46. The minimum atomic E-state index is -0.00584. The first-order valence-corrected chi connectivity index (χ1v) is 11.9. The Morgan fingerprint density at radius 1 is 0.968 bits per heavy atom. The minimum Gasteiger partial charge on any atom is -0.303 e. The molecule has 0 N–H and O–H groups in total. The van der Waals surface area contributed by atoms with Crippen LogP contribution < -0.4 is 0 Å². The fraction of sp³-hybridized carbons (Fsp3) is 0.600. The van der Waals surface area contributed by atoms with Crippen LogP contribution in [0.3, 0.4) is 0 Å². The number of nitrogens with zero attached hydrogens (tertiary/aromatic N) is 3.